The molecular weight excluding hydrogens is 120 g/mol. The van der Waals surface area contributed by atoms with Crippen molar-refractivity contribution in [1.82, 2.24) is 0 Å². The molecule has 0 aromatic rings. The van der Waals surface area contributed by atoms with Crippen molar-refractivity contribution < 1.29 is 17.1 Å². The van der Waals surface area contributed by atoms with E-state index in [4.69, 9.17) is 0 Å². The minimum absolute atomic E-state index is 0. The van der Waals surface area contributed by atoms with Crippen molar-refractivity contribution in [1.29, 1.82) is 0 Å². The van der Waals surface area contributed by atoms with E-state index < -0.39 is 0 Å². The molecule has 0 N–H and O–H groups in total. The Bertz CT molecular complexity index is 6.00. The average Bonchev–Trinajstić information content (AvgIpc) is 0.918. The first-order valence-electron chi connectivity index (χ1n) is 0.816. The molecule has 0 aromatic heterocycles. The van der Waals surface area contributed by atoms with Crippen LogP contribution in [0, 0.1) is 0 Å². The predicted molar refractivity (Wildman–Crippen MR) is 19.4 cm³/mol. The first-order chi connectivity index (χ1) is 1.41. The van der Waals surface area contributed by atoms with Gasteiger partial charge in [-0.1, -0.05) is 0 Å². The average molecular weight is 126 g/mol. The fraction of sp³-hybridized carbons (Fsp3) is 1.00. The first kappa shape index (κ1) is 8.85. The largest absolute Gasteiger partial charge is 1.00 e. The van der Waals surface area contributed by atoms with Crippen LogP contribution in [0.25, 0.3) is 0 Å². The van der Waals surface area contributed by atoms with Crippen LogP contribution in [0.3, 0.4) is 0 Å². The summed E-state index contributed by atoms with van der Waals surface area (Å²) >= 11 is 1.75. The van der Waals surface area contributed by atoms with E-state index in [1.165, 1.54) is 0 Å². The molecule has 0 bridgehead atoms. The van der Waals surface area contributed by atoms with Gasteiger partial charge in [0.05, 0.1) is 0 Å². The molecule has 0 aliphatic heterocycles. The van der Waals surface area contributed by atoms with Crippen molar-refractivity contribution in [3.05, 3.63) is 0 Å². The van der Waals surface area contributed by atoms with Crippen LogP contribution in [0.4, 0.5) is 0 Å². The maximum atomic E-state index is 2.04. The van der Waals surface area contributed by atoms with Crippen molar-refractivity contribution in [3.8, 4) is 0 Å². The van der Waals surface area contributed by atoms with Crippen LogP contribution in [0.1, 0.15) is 0 Å². The predicted octanol–water partition coefficient (Wildman–Crippen LogP) is 0.977. The summed E-state index contributed by atoms with van der Waals surface area (Å²) in [5.74, 6) is 0. The minimum Gasteiger partial charge on any atom is -0.169 e. The zero-order valence-corrected chi connectivity index (χ0v) is 4.47. The maximum Gasteiger partial charge on any atom is 1.00 e. The summed E-state index contributed by atoms with van der Waals surface area (Å²) in [6.07, 6.45) is 4.08. The van der Waals surface area contributed by atoms with E-state index in [1.54, 1.807) is 11.8 Å². The van der Waals surface area contributed by atoms with Gasteiger partial charge in [-0.05, 0) is 12.5 Å². The second-order valence-electron chi connectivity index (χ2n) is 0.408. The Morgan fingerprint density at radius 3 is 1.25 bits per heavy atom. The molecule has 0 aliphatic carbocycles. The Balaban J connectivity index is 0. The monoisotopic (exact) mass is 125 g/mol. The Morgan fingerprint density at radius 1 is 1.25 bits per heavy atom. The van der Waals surface area contributed by atoms with Gasteiger partial charge in [0.15, 0.2) is 0 Å². The molecule has 0 saturated heterocycles. The maximum absolute atomic E-state index is 2.04. The van der Waals surface area contributed by atoms with Gasteiger partial charge >= 0.3 is 17.1 Å². The molecule has 0 unspecified atom stereocenters. The van der Waals surface area contributed by atoms with Crippen molar-refractivity contribution in [3.63, 3.8) is 0 Å². The van der Waals surface area contributed by atoms with Gasteiger partial charge in [-0.15, -0.1) is 0 Å². The molecule has 0 saturated carbocycles. The van der Waals surface area contributed by atoms with Crippen LogP contribution < -0.4 is 0 Å². The standard InChI is InChI=1S/C2H6S.Cu/c1-3-2;/h1-2H3;/q;+1. The van der Waals surface area contributed by atoms with Gasteiger partial charge in [0.25, 0.3) is 0 Å². The number of rotatable bonds is 0. The second-order valence-corrected chi connectivity index (χ2v) is 1.22. The van der Waals surface area contributed by atoms with Crippen molar-refractivity contribution >= 4 is 11.8 Å². The number of hydrogen-bond acceptors (Lipinski definition) is 1. The molecule has 0 atom stereocenters. The normalized spacial score (nSPS) is 4.50. The molecule has 0 aromatic carbocycles. The molecule has 4 heavy (non-hydrogen) atoms. The van der Waals surface area contributed by atoms with Gasteiger partial charge < -0.3 is 0 Å². The van der Waals surface area contributed by atoms with Gasteiger partial charge in [-0.25, -0.2) is 0 Å². The molecule has 0 nitrogen and oxygen atoms in total. The third kappa shape index (κ3) is 13.3. The van der Waals surface area contributed by atoms with E-state index in [0.29, 0.717) is 0 Å². The zero-order chi connectivity index (χ0) is 2.71. The molecule has 0 aliphatic rings. The molecule has 0 radical (unpaired) electrons. The molecule has 0 rings (SSSR count). The molecule has 2 heteroatoms. The van der Waals surface area contributed by atoms with E-state index >= 15 is 0 Å². The summed E-state index contributed by atoms with van der Waals surface area (Å²) in [5.41, 5.74) is 0. The number of thioether (sulfide) groups is 1. The van der Waals surface area contributed by atoms with E-state index in [9.17, 15) is 0 Å². The van der Waals surface area contributed by atoms with Crippen LogP contribution in [0.5, 0.6) is 0 Å². The molecular formula is C2H6CuS+. The molecule has 30 valence electrons. The summed E-state index contributed by atoms with van der Waals surface area (Å²) < 4.78 is 0. The zero-order valence-electron chi connectivity index (χ0n) is 2.71. The molecule has 0 amide bonds. The van der Waals surface area contributed by atoms with Crippen molar-refractivity contribution in [2.75, 3.05) is 12.5 Å². The van der Waals surface area contributed by atoms with Gasteiger partial charge in [0, 0.05) is 0 Å². The van der Waals surface area contributed by atoms with E-state index in [2.05, 4.69) is 0 Å². The Kier molecular flexibility index (Phi) is 20.2. The van der Waals surface area contributed by atoms with Crippen LogP contribution in [-0.2, 0) is 17.1 Å². The summed E-state index contributed by atoms with van der Waals surface area (Å²) in [6.45, 7) is 0. The van der Waals surface area contributed by atoms with Crippen LogP contribution in [0.15, 0.2) is 0 Å². The van der Waals surface area contributed by atoms with E-state index in [1.807, 2.05) is 12.5 Å². The van der Waals surface area contributed by atoms with E-state index in [-0.39, 0.29) is 17.1 Å². The van der Waals surface area contributed by atoms with E-state index in [0.717, 1.165) is 0 Å². The summed E-state index contributed by atoms with van der Waals surface area (Å²) in [4.78, 5) is 0. The van der Waals surface area contributed by atoms with Gasteiger partial charge in [-0.3, -0.25) is 0 Å². The second kappa shape index (κ2) is 9.12. The Hall–Kier alpha value is 0.869. The van der Waals surface area contributed by atoms with Gasteiger partial charge in [0.2, 0.25) is 0 Å². The van der Waals surface area contributed by atoms with Crippen molar-refractivity contribution in [2.24, 2.45) is 0 Å². The Morgan fingerprint density at radius 2 is 1.25 bits per heavy atom. The third-order valence-electron chi connectivity index (χ3n) is 0. The fourth-order valence-electron chi connectivity index (χ4n) is 0. The van der Waals surface area contributed by atoms with Crippen LogP contribution in [0.2, 0.25) is 0 Å². The summed E-state index contributed by atoms with van der Waals surface area (Å²) in [7, 11) is 0. The SMILES string of the molecule is CSC.[Cu+]. The molecule has 0 spiro atoms. The quantitative estimate of drug-likeness (QED) is 0.435. The van der Waals surface area contributed by atoms with Crippen LogP contribution in [-0.4, -0.2) is 12.5 Å². The summed E-state index contributed by atoms with van der Waals surface area (Å²) in [6, 6.07) is 0. The van der Waals surface area contributed by atoms with Crippen molar-refractivity contribution in [2.45, 2.75) is 0 Å². The van der Waals surface area contributed by atoms with Crippen LogP contribution >= 0.6 is 11.8 Å². The minimum atomic E-state index is 0. The smallest absolute Gasteiger partial charge is 0.169 e. The molecule has 0 heterocycles. The van der Waals surface area contributed by atoms with Gasteiger partial charge in [0.1, 0.15) is 0 Å². The van der Waals surface area contributed by atoms with Gasteiger partial charge in [-0.2, -0.15) is 11.8 Å². The third-order valence-corrected chi connectivity index (χ3v) is 0. The Labute approximate surface area is 41.8 Å². The molecule has 0 fully saturated rings. The fourth-order valence-corrected chi connectivity index (χ4v) is 0. The summed E-state index contributed by atoms with van der Waals surface area (Å²) in [5, 5.41) is 0. The topological polar surface area (TPSA) is 0 Å². The number of hydrogen-bond donors (Lipinski definition) is 0. The first-order valence-corrected chi connectivity index (χ1v) is 2.45.